The van der Waals surface area contributed by atoms with E-state index in [-0.39, 0.29) is 11.9 Å². The number of anilines is 1. The topological polar surface area (TPSA) is 58.4 Å². The van der Waals surface area contributed by atoms with Gasteiger partial charge in [-0.1, -0.05) is 19.1 Å². The summed E-state index contributed by atoms with van der Waals surface area (Å²) in [5.74, 6) is 0.0686. The maximum absolute atomic E-state index is 11.9. The molecule has 106 valence electrons. The number of carbonyl (C=O) groups excluding carboxylic acids is 1. The fourth-order valence-corrected chi connectivity index (χ4v) is 1.82. The summed E-state index contributed by atoms with van der Waals surface area (Å²) >= 11 is 0. The fourth-order valence-electron chi connectivity index (χ4n) is 1.82. The van der Waals surface area contributed by atoms with Crippen molar-refractivity contribution >= 4 is 11.6 Å². The van der Waals surface area contributed by atoms with Crippen molar-refractivity contribution in [3.63, 3.8) is 0 Å². The fraction of sp³-hybridized carbons (Fsp3) is 0.533. The number of rotatable bonds is 7. The van der Waals surface area contributed by atoms with Gasteiger partial charge < -0.3 is 16.0 Å². The molecule has 0 radical (unpaired) electrons. The second-order valence-electron chi connectivity index (χ2n) is 4.76. The van der Waals surface area contributed by atoms with Crippen molar-refractivity contribution in [2.24, 2.45) is 5.73 Å². The van der Waals surface area contributed by atoms with E-state index >= 15 is 0 Å². The number of hydrogen-bond donors (Lipinski definition) is 2. The van der Waals surface area contributed by atoms with Crippen LogP contribution in [-0.4, -0.2) is 25.0 Å². The number of amides is 1. The molecule has 1 rings (SSSR count). The van der Waals surface area contributed by atoms with E-state index in [0.717, 1.165) is 24.2 Å². The Bertz CT molecular complexity index is 389. The molecule has 0 bridgehead atoms. The molecule has 0 fully saturated rings. The summed E-state index contributed by atoms with van der Waals surface area (Å²) in [6.07, 6.45) is 0.947. The van der Waals surface area contributed by atoms with E-state index in [2.05, 4.69) is 17.1 Å². The van der Waals surface area contributed by atoms with Gasteiger partial charge in [0.1, 0.15) is 0 Å². The average Bonchev–Trinajstić information content (AvgIpc) is 2.44. The zero-order valence-corrected chi connectivity index (χ0v) is 12.1. The molecule has 0 aliphatic carbocycles. The smallest absolute Gasteiger partial charge is 0.239 e. The van der Waals surface area contributed by atoms with Gasteiger partial charge >= 0.3 is 0 Å². The van der Waals surface area contributed by atoms with E-state index in [1.165, 1.54) is 0 Å². The highest BCUT2D eigenvalue weighted by atomic mass is 16.2. The molecule has 1 amide bonds. The molecule has 1 aromatic carbocycles. The molecule has 0 aliphatic rings. The van der Waals surface area contributed by atoms with E-state index in [9.17, 15) is 4.79 Å². The van der Waals surface area contributed by atoms with Crippen molar-refractivity contribution in [3.8, 4) is 0 Å². The molecular formula is C15H25N3O. The number of nitrogens with zero attached hydrogens (tertiary/aromatic N) is 1. The maximum Gasteiger partial charge on any atom is 0.239 e. The van der Waals surface area contributed by atoms with E-state index in [0.29, 0.717) is 13.1 Å². The van der Waals surface area contributed by atoms with Crippen LogP contribution >= 0.6 is 0 Å². The van der Waals surface area contributed by atoms with Crippen LogP contribution < -0.4 is 16.0 Å². The van der Waals surface area contributed by atoms with Gasteiger partial charge in [-0.2, -0.15) is 0 Å². The molecule has 4 nitrogen and oxygen atoms in total. The average molecular weight is 263 g/mol. The minimum Gasteiger partial charge on any atom is -0.363 e. The number of nitrogens with two attached hydrogens (primary N) is 1. The van der Waals surface area contributed by atoms with Crippen LogP contribution in [0.15, 0.2) is 24.3 Å². The molecule has 19 heavy (non-hydrogen) atoms. The van der Waals surface area contributed by atoms with Crippen molar-refractivity contribution in [1.82, 2.24) is 5.32 Å². The van der Waals surface area contributed by atoms with Crippen LogP contribution in [-0.2, 0) is 11.3 Å². The molecule has 0 heterocycles. The van der Waals surface area contributed by atoms with Gasteiger partial charge in [-0.05, 0) is 38.0 Å². The monoisotopic (exact) mass is 263 g/mol. The van der Waals surface area contributed by atoms with Crippen LogP contribution in [0.25, 0.3) is 0 Å². The van der Waals surface area contributed by atoms with Crippen molar-refractivity contribution in [3.05, 3.63) is 29.8 Å². The third kappa shape index (κ3) is 4.91. The second-order valence-corrected chi connectivity index (χ2v) is 4.76. The predicted molar refractivity (Wildman–Crippen MR) is 80.1 cm³/mol. The summed E-state index contributed by atoms with van der Waals surface area (Å²) in [6, 6.07) is 8.27. The Hall–Kier alpha value is -1.55. The molecule has 4 heteroatoms. The molecule has 0 aliphatic heterocycles. The van der Waals surface area contributed by atoms with Crippen molar-refractivity contribution in [1.29, 1.82) is 0 Å². The summed E-state index contributed by atoms with van der Waals surface area (Å²) in [7, 11) is 0. The number of hydrogen-bond acceptors (Lipinski definition) is 3. The Morgan fingerprint density at radius 3 is 2.42 bits per heavy atom. The standard InChI is InChI=1S/C15H25N3O/c1-4-12(3)17-15(19)11-18(5-2)14-8-6-13(10-16)7-9-14/h6-9,12H,4-5,10-11,16H2,1-3H3,(H,17,19). The third-order valence-corrected chi connectivity index (χ3v) is 3.27. The van der Waals surface area contributed by atoms with Crippen molar-refractivity contribution in [2.75, 3.05) is 18.0 Å². The lowest BCUT2D eigenvalue weighted by atomic mass is 10.2. The summed E-state index contributed by atoms with van der Waals surface area (Å²) < 4.78 is 0. The van der Waals surface area contributed by atoms with Gasteiger partial charge in [0.05, 0.1) is 6.54 Å². The van der Waals surface area contributed by atoms with Crippen LogP contribution in [0.4, 0.5) is 5.69 Å². The quantitative estimate of drug-likeness (QED) is 0.790. The van der Waals surface area contributed by atoms with Gasteiger partial charge in [0.15, 0.2) is 0 Å². The first-order valence-electron chi connectivity index (χ1n) is 6.94. The highest BCUT2D eigenvalue weighted by molar-refractivity contribution is 5.81. The molecule has 0 aromatic heterocycles. The zero-order chi connectivity index (χ0) is 14.3. The molecule has 0 saturated heterocycles. The van der Waals surface area contributed by atoms with Crippen LogP contribution in [0.1, 0.15) is 32.8 Å². The lowest BCUT2D eigenvalue weighted by Crippen LogP contribution is -2.40. The van der Waals surface area contributed by atoms with Gasteiger partial charge in [-0.15, -0.1) is 0 Å². The molecule has 1 atom stereocenters. The molecule has 0 saturated carbocycles. The Morgan fingerprint density at radius 1 is 1.32 bits per heavy atom. The van der Waals surface area contributed by atoms with Crippen LogP contribution in [0.5, 0.6) is 0 Å². The number of likely N-dealkylation sites (N-methyl/N-ethyl adjacent to an activating group) is 1. The van der Waals surface area contributed by atoms with Crippen molar-refractivity contribution in [2.45, 2.75) is 39.8 Å². The largest absolute Gasteiger partial charge is 0.363 e. The van der Waals surface area contributed by atoms with Gasteiger partial charge in [-0.3, -0.25) is 4.79 Å². The summed E-state index contributed by atoms with van der Waals surface area (Å²) in [5, 5.41) is 2.99. The van der Waals surface area contributed by atoms with Crippen LogP contribution in [0, 0.1) is 0 Å². The SMILES string of the molecule is CCC(C)NC(=O)CN(CC)c1ccc(CN)cc1. The number of carbonyl (C=O) groups is 1. The minimum absolute atomic E-state index is 0.0686. The van der Waals surface area contributed by atoms with E-state index in [1.54, 1.807) is 0 Å². The number of nitrogens with one attached hydrogen (secondary N) is 1. The summed E-state index contributed by atoms with van der Waals surface area (Å²) in [4.78, 5) is 14.0. The molecule has 3 N–H and O–H groups in total. The lowest BCUT2D eigenvalue weighted by Gasteiger charge is -2.23. The predicted octanol–water partition coefficient (Wildman–Crippen LogP) is 1.89. The third-order valence-electron chi connectivity index (χ3n) is 3.27. The first-order valence-corrected chi connectivity index (χ1v) is 6.94. The lowest BCUT2D eigenvalue weighted by molar-refractivity contribution is -0.120. The Kier molecular flexibility index (Phi) is 6.36. The summed E-state index contributed by atoms with van der Waals surface area (Å²) in [6.45, 7) is 7.87. The summed E-state index contributed by atoms with van der Waals surface area (Å²) in [5.41, 5.74) is 7.74. The van der Waals surface area contributed by atoms with Crippen molar-refractivity contribution < 1.29 is 4.79 Å². The van der Waals surface area contributed by atoms with Gasteiger partial charge in [-0.25, -0.2) is 0 Å². The van der Waals surface area contributed by atoms with Gasteiger partial charge in [0.25, 0.3) is 0 Å². The second kappa shape index (κ2) is 7.79. The first-order chi connectivity index (χ1) is 9.10. The van der Waals surface area contributed by atoms with E-state index < -0.39 is 0 Å². The van der Waals surface area contributed by atoms with E-state index in [1.807, 2.05) is 38.1 Å². The highest BCUT2D eigenvalue weighted by Crippen LogP contribution is 2.14. The van der Waals surface area contributed by atoms with Gasteiger partial charge in [0, 0.05) is 24.8 Å². The molecule has 1 unspecified atom stereocenters. The Morgan fingerprint density at radius 2 is 1.95 bits per heavy atom. The van der Waals surface area contributed by atoms with E-state index in [4.69, 9.17) is 5.73 Å². The molecule has 1 aromatic rings. The number of benzene rings is 1. The normalized spacial score (nSPS) is 12.0. The van der Waals surface area contributed by atoms with Crippen LogP contribution in [0.2, 0.25) is 0 Å². The van der Waals surface area contributed by atoms with Gasteiger partial charge in [0.2, 0.25) is 5.91 Å². The zero-order valence-electron chi connectivity index (χ0n) is 12.1. The highest BCUT2D eigenvalue weighted by Gasteiger charge is 2.11. The Balaban J connectivity index is 2.64. The Labute approximate surface area is 116 Å². The first kappa shape index (κ1) is 15.5. The molecule has 0 spiro atoms. The molecular weight excluding hydrogens is 238 g/mol. The van der Waals surface area contributed by atoms with Crippen LogP contribution in [0.3, 0.4) is 0 Å². The minimum atomic E-state index is 0.0686. The maximum atomic E-state index is 11.9.